The molecule has 0 aromatic rings. The largest absolute Gasteiger partial charge is 0.465 e. The lowest BCUT2D eigenvalue weighted by Crippen LogP contribution is -2.35. The van der Waals surface area contributed by atoms with E-state index in [0.29, 0.717) is 0 Å². The topological polar surface area (TPSA) is 52.6 Å². The molecule has 1 aliphatic rings. The Morgan fingerprint density at radius 1 is 1.82 bits per heavy atom. The summed E-state index contributed by atoms with van der Waals surface area (Å²) in [6.45, 7) is 4.98. The second-order valence-electron chi connectivity index (χ2n) is 2.83. The van der Waals surface area contributed by atoms with Crippen molar-refractivity contribution in [1.82, 2.24) is 10.2 Å². The highest BCUT2D eigenvalue weighted by atomic mass is 16.4. The van der Waals surface area contributed by atoms with E-state index < -0.39 is 6.09 Å². The van der Waals surface area contributed by atoms with Gasteiger partial charge in [0.05, 0.1) is 0 Å². The minimum atomic E-state index is -0.909. The molecule has 1 rings (SSSR count). The molecule has 0 spiro atoms. The SMILES string of the molecule is CCN1CCC(NC(=O)O)C1. The lowest BCUT2D eigenvalue weighted by Gasteiger charge is -2.12. The molecule has 64 valence electrons. The lowest BCUT2D eigenvalue weighted by atomic mass is 10.3. The van der Waals surface area contributed by atoms with Crippen molar-refractivity contribution in [3.05, 3.63) is 0 Å². The first-order chi connectivity index (χ1) is 5.22. The third-order valence-corrected chi connectivity index (χ3v) is 2.05. The first kappa shape index (κ1) is 8.33. The number of hydrogen-bond donors (Lipinski definition) is 2. The third kappa shape index (κ3) is 2.38. The van der Waals surface area contributed by atoms with Crippen molar-refractivity contribution in [2.75, 3.05) is 19.6 Å². The van der Waals surface area contributed by atoms with Crippen LogP contribution >= 0.6 is 0 Å². The summed E-state index contributed by atoms with van der Waals surface area (Å²) in [6.07, 6.45) is 0.0353. The van der Waals surface area contributed by atoms with E-state index in [1.807, 2.05) is 0 Å². The summed E-state index contributed by atoms with van der Waals surface area (Å²) in [5, 5.41) is 10.9. The molecule has 1 amide bonds. The molecule has 0 bridgehead atoms. The van der Waals surface area contributed by atoms with Gasteiger partial charge in [0, 0.05) is 19.1 Å². The van der Waals surface area contributed by atoms with Gasteiger partial charge in [0.2, 0.25) is 0 Å². The summed E-state index contributed by atoms with van der Waals surface area (Å²) in [4.78, 5) is 12.5. The van der Waals surface area contributed by atoms with Crippen LogP contribution in [-0.2, 0) is 0 Å². The van der Waals surface area contributed by atoms with E-state index in [-0.39, 0.29) is 6.04 Å². The van der Waals surface area contributed by atoms with Gasteiger partial charge in [-0.1, -0.05) is 6.92 Å². The van der Waals surface area contributed by atoms with Crippen LogP contribution in [0.4, 0.5) is 4.79 Å². The Labute approximate surface area is 66.2 Å². The van der Waals surface area contributed by atoms with Gasteiger partial charge in [-0.2, -0.15) is 0 Å². The Kier molecular flexibility index (Phi) is 2.70. The average molecular weight is 158 g/mol. The number of carbonyl (C=O) groups is 1. The number of amides is 1. The van der Waals surface area contributed by atoms with Crippen molar-refractivity contribution in [2.24, 2.45) is 0 Å². The number of carboxylic acid groups (broad SMARTS) is 1. The van der Waals surface area contributed by atoms with Gasteiger partial charge in [0.1, 0.15) is 0 Å². The highest BCUT2D eigenvalue weighted by molar-refractivity contribution is 5.64. The average Bonchev–Trinajstić information content (AvgIpc) is 2.34. The van der Waals surface area contributed by atoms with E-state index >= 15 is 0 Å². The van der Waals surface area contributed by atoms with Crippen LogP contribution in [0.3, 0.4) is 0 Å². The Morgan fingerprint density at radius 2 is 2.55 bits per heavy atom. The number of nitrogens with zero attached hydrogens (tertiary/aromatic N) is 1. The van der Waals surface area contributed by atoms with Gasteiger partial charge in [0.15, 0.2) is 0 Å². The van der Waals surface area contributed by atoms with Gasteiger partial charge in [-0.25, -0.2) is 4.79 Å². The first-order valence-electron chi connectivity index (χ1n) is 3.94. The van der Waals surface area contributed by atoms with Crippen LogP contribution in [-0.4, -0.2) is 41.8 Å². The molecule has 0 aromatic carbocycles. The van der Waals surface area contributed by atoms with Crippen LogP contribution in [0, 0.1) is 0 Å². The number of hydrogen-bond acceptors (Lipinski definition) is 2. The molecule has 0 radical (unpaired) electrons. The molecule has 1 saturated heterocycles. The van der Waals surface area contributed by atoms with Crippen LogP contribution in [0.2, 0.25) is 0 Å². The molecule has 0 aliphatic carbocycles. The zero-order valence-corrected chi connectivity index (χ0v) is 6.71. The molecule has 0 aromatic heterocycles. The summed E-state index contributed by atoms with van der Waals surface area (Å²) < 4.78 is 0. The fourth-order valence-corrected chi connectivity index (χ4v) is 1.41. The zero-order chi connectivity index (χ0) is 8.27. The second kappa shape index (κ2) is 3.57. The maximum Gasteiger partial charge on any atom is 0.404 e. The summed E-state index contributed by atoms with van der Waals surface area (Å²) in [5.74, 6) is 0. The smallest absolute Gasteiger partial charge is 0.404 e. The summed E-state index contributed by atoms with van der Waals surface area (Å²) in [7, 11) is 0. The number of likely N-dealkylation sites (N-methyl/N-ethyl adjacent to an activating group) is 1. The van der Waals surface area contributed by atoms with E-state index in [1.165, 1.54) is 0 Å². The highest BCUT2D eigenvalue weighted by Gasteiger charge is 2.21. The Hall–Kier alpha value is -0.770. The monoisotopic (exact) mass is 158 g/mol. The fourth-order valence-electron chi connectivity index (χ4n) is 1.41. The quantitative estimate of drug-likeness (QED) is 0.609. The molecule has 1 fully saturated rings. The van der Waals surface area contributed by atoms with Crippen molar-refractivity contribution >= 4 is 6.09 Å². The molecule has 4 nitrogen and oxygen atoms in total. The van der Waals surface area contributed by atoms with Crippen LogP contribution in [0.1, 0.15) is 13.3 Å². The van der Waals surface area contributed by atoms with Crippen LogP contribution in [0.25, 0.3) is 0 Å². The highest BCUT2D eigenvalue weighted by Crippen LogP contribution is 2.07. The Morgan fingerprint density at radius 3 is 3.00 bits per heavy atom. The normalized spacial score (nSPS) is 25.4. The summed E-state index contributed by atoms with van der Waals surface area (Å²) in [6, 6.07) is 0.146. The molecule has 0 saturated carbocycles. The van der Waals surface area contributed by atoms with Crippen molar-refractivity contribution in [2.45, 2.75) is 19.4 Å². The van der Waals surface area contributed by atoms with Gasteiger partial charge in [-0.15, -0.1) is 0 Å². The van der Waals surface area contributed by atoms with Crippen molar-refractivity contribution in [3.8, 4) is 0 Å². The fraction of sp³-hybridized carbons (Fsp3) is 0.857. The molecule has 4 heteroatoms. The molecular formula is C7H14N2O2. The summed E-state index contributed by atoms with van der Waals surface area (Å²) >= 11 is 0. The predicted molar refractivity (Wildman–Crippen MR) is 41.7 cm³/mol. The maximum absolute atomic E-state index is 10.2. The number of likely N-dealkylation sites (tertiary alicyclic amines) is 1. The number of rotatable bonds is 2. The van der Waals surface area contributed by atoms with E-state index in [2.05, 4.69) is 17.1 Å². The third-order valence-electron chi connectivity index (χ3n) is 2.05. The Balaban J connectivity index is 2.24. The molecule has 1 unspecified atom stereocenters. The second-order valence-corrected chi connectivity index (χ2v) is 2.83. The minimum Gasteiger partial charge on any atom is -0.465 e. The maximum atomic E-state index is 10.2. The van der Waals surface area contributed by atoms with Gasteiger partial charge in [-0.05, 0) is 13.0 Å². The molecule has 2 N–H and O–H groups in total. The van der Waals surface area contributed by atoms with Crippen molar-refractivity contribution < 1.29 is 9.90 Å². The van der Waals surface area contributed by atoms with Crippen molar-refractivity contribution in [3.63, 3.8) is 0 Å². The van der Waals surface area contributed by atoms with Gasteiger partial charge in [-0.3, -0.25) is 0 Å². The minimum absolute atomic E-state index is 0.146. The van der Waals surface area contributed by atoms with E-state index in [0.717, 1.165) is 26.1 Å². The van der Waals surface area contributed by atoms with E-state index in [1.54, 1.807) is 0 Å². The molecule has 11 heavy (non-hydrogen) atoms. The molecule has 1 aliphatic heterocycles. The lowest BCUT2D eigenvalue weighted by molar-refractivity contribution is 0.189. The first-order valence-corrected chi connectivity index (χ1v) is 3.94. The van der Waals surface area contributed by atoms with Crippen LogP contribution in [0.5, 0.6) is 0 Å². The van der Waals surface area contributed by atoms with Crippen molar-refractivity contribution in [1.29, 1.82) is 0 Å². The standard InChI is InChI=1S/C7H14N2O2/c1-2-9-4-3-6(5-9)8-7(10)11/h6,8H,2-5H2,1H3,(H,10,11). The Bertz CT molecular complexity index is 149. The summed E-state index contributed by atoms with van der Waals surface area (Å²) in [5.41, 5.74) is 0. The number of nitrogens with one attached hydrogen (secondary N) is 1. The van der Waals surface area contributed by atoms with Crippen LogP contribution < -0.4 is 5.32 Å². The molecular weight excluding hydrogens is 144 g/mol. The van der Waals surface area contributed by atoms with Gasteiger partial charge in [0.25, 0.3) is 0 Å². The van der Waals surface area contributed by atoms with E-state index in [4.69, 9.17) is 5.11 Å². The van der Waals surface area contributed by atoms with Gasteiger partial charge < -0.3 is 15.3 Å². The zero-order valence-electron chi connectivity index (χ0n) is 6.71. The van der Waals surface area contributed by atoms with Gasteiger partial charge >= 0.3 is 6.09 Å². The van der Waals surface area contributed by atoms with E-state index in [9.17, 15) is 4.79 Å². The molecule has 1 heterocycles. The van der Waals surface area contributed by atoms with Crippen LogP contribution in [0.15, 0.2) is 0 Å². The molecule has 1 atom stereocenters. The predicted octanol–water partition coefficient (Wildman–Crippen LogP) is 0.348.